The number of aryl methyl sites for hydroxylation is 1. The van der Waals surface area contributed by atoms with Gasteiger partial charge in [-0.3, -0.25) is 14.6 Å². The fraction of sp³-hybridized carbons (Fsp3) is 0.292. The Kier molecular flexibility index (Phi) is 6.90. The molecule has 1 aromatic heterocycles. The van der Waals surface area contributed by atoms with E-state index in [2.05, 4.69) is 10.3 Å². The normalized spacial score (nSPS) is 14.8. The average Bonchev–Trinajstić information content (AvgIpc) is 3.34. The predicted molar refractivity (Wildman–Crippen MR) is 125 cm³/mol. The van der Waals surface area contributed by atoms with Crippen molar-refractivity contribution in [1.82, 2.24) is 15.3 Å². The van der Waals surface area contributed by atoms with Crippen molar-refractivity contribution in [3.05, 3.63) is 75.2 Å². The van der Waals surface area contributed by atoms with Crippen LogP contribution in [-0.4, -0.2) is 42.1 Å². The van der Waals surface area contributed by atoms with Gasteiger partial charge in [-0.1, -0.05) is 12.1 Å². The fourth-order valence-corrected chi connectivity index (χ4v) is 4.80. The first-order valence-electron chi connectivity index (χ1n) is 10.6. The minimum Gasteiger partial charge on any atom is -0.493 e. The van der Waals surface area contributed by atoms with Crippen LogP contribution in [0.4, 0.5) is 0 Å². The van der Waals surface area contributed by atoms with Crippen molar-refractivity contribution < 1.29 is 19.1 Å². The molecule has 2 aromatic carbocycles. The third-order valence-electron chi connectivity index (χ3n) is 5.76. The highest BCUT2D eigenvalue weighted by molar-refractivity contribution is 7.09. The Morgan fingerprint density at radius 2 is 1.97 bits per heavy atom. The number of thiazole rings is 1. The number of nitrogens with one attached hydrogen (secondary N) is 1. The van der Waals surface area contributed by atoms with Crippen LogP contribution in [0, 0.1) is 0 Å². The fourth-order valence-electron chi connectivity index (χ4n) is 3.91. The van der Waals surface area contributed by atoms with E-state index < -0.39 is 0 Å². The maximum absolute atomic E-state index is 13.0. The first-order valence-corrected chi connectivity index (χ1v) is 11.5. The standard InChI is InChI=1S/C24H26N4O4S/c1-31-20-9-6-16(11-21(20)32-2)23(29)26-13-15-4-3-5-17(10-15)24(30)28(25)18-7-8-19-22(12-18)33-14-27-19/h3-6,9-11,14,18H,7-8,12-13,25H2,1-2H3,(H,26,29). The molecule has 0 bridgehead atoms. The summed E-state index contributed by atoms with van der Waals surface area (Å²) in [6.07, 6.45) is 2.34. The van der Waals surface area contributed by atoms with E-state index in [0.717, 1.165) is 30.5 Å². The van der Waals surface area contributed by atoms with Gasteiger partial charge in [-0.15, -0.1) is 11.3 Å². The Bertz CT molecular complexity index is 1160. The number of hydrazine groups is 1. The molecule has 3 aromatic rings. The minimum atomic E-state index is -0.254. The lowest BCUT2D eigenvalue weighted by Gasteiger charge is -2.30. The van der Waals surface area contributed by atoms with E-state index in [1.165, 1.54) is 17.0 Å². The summed E-state index contributed by atoms with van der Waals surface area (Å²) in [5, 5.41) is 4.21. The summed E-state index contributed by atoms with van der Waals surface area (Å²) < 4.78 is 10.5. The summed E-state index contributed by atoms with van der Waals surface area (Å²) >= 11 is 1.61. The topological polar surface area (TPSA) is 107 Å². The summed E-state index contributed by atoms with van der Waals surface area (Å²) in [7, 11) is 3.06. The second-order valence-corrected chi connectivity index (χ2v) is 8.72. The van der Waals surface area contributed by atoms with Crippen molar-refractivity contribution in [3.8, 4) is 11.5 Å². The zero-order valence-electron chi connectivity index (χ0n) is 18.5. The maximum atomic E-state index is 13.0. The molecular formula is C24H26N4O4S. The Morgan fingerprint density at radius 1 is 1.15 bits per heavy atom. The molecule has 0 radical (unpaired) electrons. The molecule has 1 atom stereocenters. The van der Waals surface area contributed by atoms with Gasteiger partial charge in [0.2, 0.25) is 0 Å². The average molecular weight is 467 g/mol. The summed E-state index contributed by atoms with van der Waals surface area (Å²) in [6, 6.07) is 12.1. The second kappa shape index (κ2) is 10.0. The number of ether oxygens (including phenoxy) is 2. The maximum Gasteiger partial charge on any atom is 0.268 e. The second-order valence-electron chi connectivity index (χ2n) is 7.78. The molecule has 1 aliphatic rings. The number of carbonyl (C=O) groups excluding carboxylic acids is 2. The van der Waals surface area contributed by atoms with E-state index in [1.807, 2.05) is 11.6 Å². The van der Waals surface area contributed by atoms with Crippen molar-refractivity contribution in [2.75, 3.05) is 14.2 Å². The SMILES string of the molecule is COc1ccc(C(=O)NCc2cccc(C(=O)N(N)C3CCc4ncsc4C3)c2)cc1OC. The molecular weight excluding hydrogens is 440 g/mol. The Morgan fingerprint density at radius 3 is 2.76 bits per heavy atom. The molecule has 0 saturated heterocycles. The minimum absolute atomic E-state index is 0.0566. The zero-order valence-corrected chi connectivity index (χ0v) is 19.4. The monoisotopic (exact) mass is 466 g/mol. The number of amides is 2. The van der Waals surface area contributed by atoms with E-state index in [0.29, 0.717) is 22.6 Å². The quantitative estimate of drug-likeness (QED) is 0.315. The molecule has 1 aliphatic carbocycles. The van der Waals surface area contributed by atoms with Gasteiger partial charge in [0, 0.05) is 29.0 Å². The lowest BCUT2D eigenvalue weighted by Crippen LogP contribution is -2.48. The molecule has 0 spiro atoms. The third-order valence-corrected chi connectivity index (χ3v) is 6.66. The van der Waals surface area contributed by atoms with Crippen molar-refractivity contribution in [1.29, 1.82) is 0 Å². The number of hydrogen-bond acceptors (Lipinski definition) is 7. The number of benzene rings is 2. The zero-order chi connectivity index (χ0) is 23.4. The van der Waals surface area contributed by atoms with Crippen molar-refractivity contribution in [3.63, 3.8) is 0 Å². The molecule has 2 amide bonds. The van der Waals surface area contributed by atoms with E-state index in [4.69, 9.17) is 15.3 Å². The van der Waals surface area contributed by atoms with Crippen LogP contribution in [-0.2, 0) is 19.4 Å². The van der Waals surface area contributed by atoms with Crippen LogP contribution in [0.15, 0.2) is 48.0 Å². The molecule has 1 heterocycles. The molecule has 8 nitrogen and oxygen atoms in total. The van der Waals surface area contributed by atoms with E-state index in [9.17, 15) is 9.59 Å². The summed E-state index contributed by atoms with van der Waals surface area (Å²) in [5.41, 5.74) is 4.70. The molecule has 9 heteroatoms. The number of nitrogens with two attached hydrogens (primary N) is 1. The molecule has 1 unspecified atom stereocenters. The molecule has 0 fully saturated rings. The van der Waals surface area contributed by atoms with Crippen LogP contribution < -0.4 is 20.6 Å². The van der Waals surface area contributed by atoms with Crippen molar-refractivity contribution in [2.24, 2.45) is 5.84 Å². The molecule has 0 saturated carbocycles. The third kappa shape index (κ3) is 4.99. The number of aromatic nitrogens is 1. The molecule has 0 aliphatic heterocycles. The van der Waals surface area contributed by atoms with Crippen LogP contribution in [0.3, 0.4) is 0 Å². The first kappa shape index (κ1) is 22.8. The highest BCUT2D eigenvalue weighted by Gasteiger charge is 2.28. The van der Waals surface area contributed by atoms with Crippen LogP contribution >= 0.6 is 11.3 Å². The Balaban J connectivity index is 1.39. The van der Waals surface area contributed by atoms with E-state index in [1.54, 1.807) is 54.8 Å². The summed E-state index contributed by atoms with van der Waals surface area (Å²) in [5.74, 6) is 6.77. The Hall–Kier alpha value is -3.43. The summed E-state index contributed by atoms with van der Waals surface area (Å²) in [6.45, 7) is 0.270. The van der Waals surface area contributed by atoms with Gasteiger partial charge < -0.3 is 14.8 Å². The van der Waals surface area contributed by atoms with Gasteiger partial charge >= 0.3 is 0 Å². The number of hydrogen-bond donors (Lipinski definition) is 2. The van der Waals surface area contributed by atoms with Gasteiger partial charge in [0.15, 0.2) is 11.5 Å². The smallest absolute Gasteiger partial charge is 0.268 e. The number of methoxy groups -OCH3 is 2. The largest absolute Gasteiger partial charge is 0.493 e. The number of fused-ring (bicyclic) bond motifs is 1. The number of nitrogens with zero attached hydrogens (tertiary/aromatic N) is 2. The van der Waals surface area contributed by atoms with Gasteiger partial charge in [-0.2, -0.15) is 0 Å². The number of carbonyl (C=O) groups is 2. The van der Waals surface area contributed by atoms with Gasteiger partial charge in [-0.05, 0) is 48.7 Å². The van der Waals surface area contributed by atoms with Crippen molar-refractivity contribution >= 4 is 23.2 Å². The summed E-state index contributed by atoms with van der Waals surface area (Å²) in [4.78, 5) is 31.2. The Labute approximate surface area is 196 Å². The van der Waals surface area contributed by atoms with E-state index in [-0.39, 0.29) is 24.4 Å². The molecule has 3 N–H and O–H groups in total. The van der Waals surface area contributed by atoms with Crippen molar-refractivity contribution in [2.45, 2.75) is 31.8 Å². The van der Waals surface area contributed by atoms with E-state index >= 15 is 0 Å². The van der Waals surface area contributed by atoms with Gasteiger partial charge in [-0.25, -0.2) is 10.8 Å². The van der Waals surface area contributed by atoms with Crippen LogP contribution in [0.5, 0.6) is 11.5 Å². The lowest BCUT2D eigenvalue weighted by atomic mass is 9.96. The van der Waals surface area contributed by atoms with Crippen LogP contribution in [0.25, 0.3) is 0 Å². The highest BCUT2D eigenvalue weighted by Crippen LogP contribution is 2.28. The van der Waals surface area contributed by atoms with Gasteiger partial charge in [0.1, 0.15) is 0 Å². The van der Waals surface area contributed by atoms with Gasteiger partial charge in [0.05, 0.1) is 31.5 Å². The highest BCUT2D eigenvalue weighted by atomic mass is 32.1. The predicted octanol–water partition coefficient (Wildman–Crippen LogP) is 2.96. The van der Waals surface area contributed by atoms with Gasteiger partial charge in [0.25, 0.3) is 11.8 Å². The number of rotatable bonds is 7. The van der Waals surface area contributed by atoms with Crippen LogP contribution in [0.1, 0.15) is 43.3 Å². The van der Waals surface area contributed by atoms with Crippen LogP contribution in [0.2, 0.25) is 0 Å². The molecule has 4 rings (SSSR count). The molecule has 172 valence electrons. The lowest BCUT2D eigenvalue weighted by molar-refractivity contribution is 0.0661. The molecule has 33 heavy (non-hydrogen) atoms. The first-order chi connectivity index (χ1) is 16.0.